The van der Waals surface area contributed by atoms with Gasteiger partial charge in [0.2, 0.25) is 0 Å². The molecule has 1 aromatic rings. The van der Waals surface area contributed by atoms with Crippen LogP contribution >= 0.6 is 23.2 Å². The van der Waals surface area contributed by atoms with Crippen molar-refractivity contribution >= 4 is 23.2 Å². The maximum Gasteiger partial charge on any atom is 0.0760 e. The average molecular weight is 289 g/mol. The van der Waals surface area contributed by atoms with E-state index in [1.165, 1.54) is 6.42 Å². The van der Waals surface area contributed by atoms with Crippen LogP contribution in [0, 0.1) is 5.41 Å². The van der Waals surface area contributed by atoms with Gasteiger partial charge in [-0.25, -0.2) is 0 Å². The van der Waals surface area contributed by atoms with Crippen LogP contribution < -0.4 is 5.32 Å². The Balaban J connectivity index is 2.66. The quantitative estimate of drug-likeness (QED) is 0.836. The Hall–Kier alpha value is -0.310. The minimum Gasteiger partial charge on any atom is -0.312 e. The Kier molecular flexibility index (Phi) is 5.90. The molecule has 0 saturated carbocycles. The largest absolute Gasteiger partial charge is 0.312 e. The lowest BCUT2D eigenvalue weighted by atomic mass is 9.88. The number of aromatic nitrogens is 1. The summed E-state index contributed by atoms with van der Waals surface area (Å²) in [7, 11) is 1.94. The average Bonchev–Trinajstić information content (AvgIpc) is 2.24. The summed E-state index contributed by atoms with van der Waals surface area (Å²) in [5, 5.41) is 4.49. The van der Waals surface area contributed by atoms with E-state index >= 15 is 0 Å². The van der Waals surface area contributed by atoms with Gasteiger partial charge in [0.1, 0.15) is 0 Å². The summed E-state index contributed by atoms with van der Waals surface area (Å²) in [6.45, 7) is 6.78. The van der Waals surface area contributed by atoms with Crippen LogP contribution in [0.5, 0.6) is 0 Å². The number of nitrogens with zero attached hydrogens (tertiary/aromatic N) is 1. The van der Waals surface area contributed by atoms with E-state index in [-0.39, 0.29) is 6.04 Å². The lowest BCUT2D eigenvalue weighted by molar-refractivity contribution is 0.346. The van der Waals surface area contributed by atoms with Crippen LogP contribution in [-0.2, 0) is 0 Å². The van der Waals surface area contributed by atoms with Crippen molar-refractivity contribution in [1.82, 2.24) is 10.3 Å². The SMILES string of the molecule is CNC(CCCC(C)(C)C)c1ncc(Cl)cc1Cl. The van der Waals surface area contributed by atoms with E-state index in [9.17, 15) is 0 Å². The maximum atomic E-state index is 6.18. The molecule has 1 heterocycles. The summed E-state index contributed by atoms with van der Waals surface area (Å²) in [5.74, 6) is 0. The lowest BCUT2D eigenvalue weighted by Gasteiger charge is -2.21. The van der Waals surface area contributed by atoms with E-state index in [4.69, 9.17) is 23.2 Å². The van der Waals surface area contributed by atoms with Crippen LogP contribution in [0.15, 0.2) is 12.3 Å². The Bertz CT molecular complexity index is 386. The number of nitrogens with one attached hydrogen (secondary N) is 1. The molecular formula is C14H22Cl2N2. The van der Waals surface area contributed by atoms with Crippen LogP contribution in [0.1, 0.15) is 51.8 Å². The van der Waals surface area contributed by atoms with Crippen molar-refractivity contribution in [3.8, 4) is 0 Å². The fraction of sp³-hybridized carbons (Fsp3) is 0.643. The molecule has 0 aromatic carbocycles. The summed E-state index contributed by atoms with van der Waals surface area (Å²) in [6, 6.07) is 1.94. The molecule has 1 rings (SSSR count). The van der Waals surface area contributed by atoms with E-state index < -0.39 is 0 Å². The molecule has 18 heavy (non-hydrogen) atoms. The van der Waals surface area contributed by atoms with Gasteiger partial charge in [-0.3, -0.25) is 4.98 Å². The molecule has 0 aliphatic carbocycles. The van der Waals surface area contributed by atoms with Crippen molar-refractivity contribution < 1.29 is 0 Å². The fourth-order valence-electron chi connectivity index (χ4n) is 1.94. The van der Waals surface area contributed by atoms with Crippen molar-refractivity contribution in [2.45, 2.75) is 46.1 Å². The predicted octanol–water partition coefficient (Wildman–Crippen LogP) is 4.87. The van der Waals surface area contributed by atoms with Crippen molar-refractivity contribution in [2.24, 2.45) is 5.41 Å². The molecule has 102 valence electrons. The fourth-order valence-corrected chi connectivity index (χ4v) is 2.45. The summed E-state index contributed by atoms with van der Waals surface area (Å²) in [6.07, 6.45) is 5.02. The van der Waals surface area contributed by atoms with Crippen LogP contribution in [0.25, 0.3) is 0 Å². The highest BCUT2D eigenvalue weighted by atomic mass is 35.5. The Morgan fingerprint density at radius 1 is 1.33 bits per heavy atom. The Morgan fingerprint density at radius 2 is 2.00 bits per heavy atom. The molecule has 0 radical (unpaired) electrons. The first-order chi connectivity index (χ1) is 8.33. The molecule has 1 N–H and O–H groups in total. The summed E-state index contributed by atoms with van der Waals surface area (Å²) < 4.78 is 0. The zero-order valence-corrected chi connectivity index (χ0v) is 13.1. The van der Waals surface area contributed by atoms with E-state index in [1.54, 1.807) is 12.3 Å². The second-order valence-electron chi connectivity index (χ2n) is 5.81. The van der Waals surface area contributed by atoms with Gasteiger partial charge >= 0.3 is 0 Å². The molecule has 1 atom stereocenters. The topological polar surface area (TPSA) is 24.9 Å². The Labute approximate surface area is 120 Å². The molecule has 0 fully saturated rings. The molecule has 1 aromatic heterocycles. The van der Waals surface area contributed by atoms with E-state index in [1.807, 2.05) is 7.05 Å². The van der Waals surface area contributed by atoms with Crippen molar-refractivity contribution in [2.75, 3.05) is 7.05 Å². The minimum atomic E-state index is 0.192. The summed E-state index contributed by atoms with van der Waals surface area (Å²) in [5.41, 5.74) is 1.26. The van der Waals surface area contributed by atoms with Crippen LogP contribution in [0.3, 0.4) is 0 Å². The van der Waals surface area contributed by atoms with Gasteiger partial charge in [0.25, 0.3) is 0 Å². The van der Waals surface area contributed by atoms with E-state index in [2.05, 4.69) is 31.1 Å². The normalized spacial score (nSPS) is 13.7. The molecule has 0 amide bonds. The highest BCUT2D eigenvalue weighted by molar-refractivity contribution is 6.34. The number of hydrogen-bond donors (Lipinski definition) is 1. The molecule has 4 heteroatoms. The molecule has 0 aliphatic rings. The second kappa shape index (κ2) is 6.74. The third kappa shape index (κ3) is 5.13. The highest BCUT2D eigenvalue weighted by Gasteiger charge is 2.16. The molecule has 0 saturated heterocycles. The Morgan fingerprint density at radius 3 is 2.50 bits per heavy atom. The van der Waals surface area contributed by atoms with E-state index in [0.717, 1.165) is 18.5 Å². The molecule has 1 unspecified atom stereocenters. The standard InChI is InChI=1S/C14H22Cl2N2/c1-14(2,3)7-5-6-12(17-4)13-11(16)8-10(15)9-18-13/h8-9,12,17H,5-7H2,1-4H3. The first-order valence-corrected chi connectivity index (χ1v) is 7.07. The van der Waals surface area contributed by atoms with Crippen LogP contribution in [-0.4, -0.2) is 12.0 Å². The highest BCUT2D eigenvalue weighted by Crippen LogP contribution is 2.29. The monoisotopic (exact) mass is 288 g/mol. The number of hydrogen-bond acceptors (Lipinski definition) is 2. The van der Waals surface area contributed by atoms with Crippen molar-refractivity contribution in [3.05, 3.63) is 28.0 Å². The van der Waals surface area contributed by atoms with Gasteiger partial charge in [0.15, 0.2) is 0 Å². The molecule has 0 bridgehead atoms. The van der Waals surface area contributed by atoms with Gasteiger partial charge in [0.05, 0.1) is 21.8 Å². The third-order valence-corrected chi connectivity index (χ3v) is 3.44. The second-order valence-corrected chi connectivity index (χ2v) is 6.66. The lowest BCUT2D eigenvalue weighted by Crippen LogP contribution is -2.19. The minimum absolute atomic E-state index is 0.192. The molecule has 0 spiro atoms. The molecule has 0 aliphatic heterocycles. The first-order valence-electron chi connectivity index (χ1n) is 6.31. The van der Waals surface area contributed by atoms with Crippen molar-refractivity contribution in [3.63, 3.8) is 0 Å². The zero-order valence-electron chi connectivity index (χ0n) is 11.6. The maximum absolute atomic E-state index is 6.18. The smallest absolute Gasteiger partial charge is 0.0760 e. The summed E-state index contributed by atoms with van der Waals surface area (Å²) >= 11 is 12.0. The third-order valence-electron chi connectivity index (χ3n) is 2.93. The first kappa shape index (κ1) is 15.7. The molecular weight excluding hydrogens is 267 g/mol. The predicted molar refractivity (Wildman–Crippen MR) is 79.4 cm³/mol. The van der Waals surface area contributed by atoms with Crippen molar-refractivity contribution in [1.29, 1.82) is 0 Å². The summed E-state index contributed by atoms with van der Waals surface area (Å²) in [4.78, 5) is 4.34. The molecule has 2 nitrogen and oxygen atoms in total. The van der Waals surface area contributed by atoms with Gasteiger partial charge in [-0.15, -0.1) is 0 Å². The van der Waals surface area contributed by atoms with Gasteiger partial charge in [-0.05, 0) is 31.4 Å². The van der Waals surface area contributed by atoms with Crippen LogP contribution in [0.4, 0.5) is 0 Å². The van der Waals surface area contributed by atoms with Gasteiger partial charge in [0, 0.05) is 6.20 Å². The number of rotatable bonds is 5. The van der Waals surface area contributed by atoms with Gasteiger partial charge < -0.3 is 5.32 Å². The number of pyridine rings is 1. The van der Waals surface area contributed by atoms with Crippen LogP contribution in [0.2, 0.25) is 10.0 Å². The van der Waals surface area contributed by atoms with Gasteiger partial charge in [-0.2, -0.15) is 0 Å². The zero-order chi connectivity index (χ0) is 13.8. The van der Waals surface area contributed by atoms with Gasteiger partial charge in [-0.1, -0.05) is 50.4 Å². The van der Waals surface area contributed by atoms with E-state index in [0.29, 0.717) is 15.5 Å². The number of halogens is 2.